The molecule has 3 N–H and O–H groups in total. The maximum atomic E-state index is 13.0. The molecule has 0 saturated carbocycles. The summed E-state index contributed by atoms with van der Waals surface area (Å²) in [5.74, 6) is 0.468. The number of carbonyl (C=O) groups is 2. The average molecular weight is 600 g/mol. The molecule has 1 aromatic heterocycles. The molecule has 0 saturated heterocycles. The zero-order valence-corrected chi connectivity index (χ0v) is 24.2. The molecule has 3 rings (SSSR count). The number of ketones is 1. The summed E-state index contributed by atoms with van der Waals surface area (Å²) in [6, 6.07) is 12.2. The number of Topliss-reactive ketones (excluding diaryl/α,β-unsaturated/α-hetero) is 1. The minimum atomic E-state index is -0.835. The highest BCUT2D eigenvalue weighted by Crippen LogP contribution is 2.23. The first-order chi connectivity index (χ1) is 18.2. The van der Waals surface area contributed by atoms with E-state index in [0.717, 1.165) is 23.3 Å². The third kappa shape index (κ3) is 10.7. The number of aromatic nitrogens is 2. The lowest BCUT2D eigenvalue weighted by Gasteiger charge is -2.17. The predicted octanol–water partition coefficient (Wildman–Crippen LogP) is 5.83. The molecule has 1 heterocycles. The molecule has 0 aliphatic rings. The fraction of sp³-hybridized carbons (Fsp3) is 0.407. The number of carbonyl (C=O) groups excluding carboxylic acids is 2. The van der Waals surface area contributed by atoms with Crippen molar-refractivity contribution in [1.29, 1.82) is 0 Å². The zero-order chi connectivity index (χ0) is 27.5. The summed E-state index contributed by atoms with van der Waals surface area (Å²) in [5, 5.41) is 7.48. The van der Waals surface area contributed by atoms with Gasteiger partial charge in [0.1, 0.15) is 5.75 Å². The van der Waals surface area contributed by atoms with Gasteiger partial charge in [-0.3, -0.25) is 4.79 Å². The topological polar surface area (TPSA) is 130 Å². The molecule has 0 radical (unpaired) electrons. The molecule has 2 aromatic carbocycles. The van der Waals surface area contributed by atoms with Gasteiger partial charge in [-0.05, 0) is 75.0 Å². The Morgan fingerprint density at radius 3 is 2.44 bits per heavy atom. The van der Waals surface area contributed by atoms with Crippen LogP contribution in [0.5, 0.6) is 5.75 Å². The first-order valence-electron chi connectivity index (χ1n) is 12.4. The van der Waals surface area contributed by atoms with Crippen LogP contribution in [0.3, 0.4) is 0 Å². The van der Waals surface area contributed by atoms with Crippen LogP contribution in [0.15, 0.2) is 47.0 Å². The molecule has 12 heteroatoms. The van der Waals surface area contributed by atoms with Crippen molar-refractivity contribution >= 4 is 47.5 Å². The number of alkyl carbamates (subject to hydrolysis) is 1. The minimum Gasteiger partial charge on any atom is -0.493 e. The standard InChI is InChI=1S/C27H32Cl2N4O5.ClH/c1-17(2)37-27(35)31-23(5-3-4-13-30)25(34)26-32-24(38-33-26)16-18-6-9-20(10-7-18)36-14-12-19-8-11-21(28)22(29)15-19;/h6-11,15,17,23H,3-5,12-14,16,30H2,1-2H3,(H,31,35);1H/t23-;/m0./s1. The average Bonchev–Trinajstić information content (AvgIpc) is 3.34. The van der Waals surface area contributed by atoms with Crippen molar-refractivity contribution in [2.45, 2.75) is 58.1 Å². The molecule has 0 aliphatic carbocycles. The highest BCUT2D eigenvalue weighted by Gasteiger charge is 2.27. The summed E-state index contributed by atoms with van der Waals surface area (Å²) in [6.45, 7) is 4.43. The molecule has 0 spiro atoms. The Labute approximate surface area is 244 Å². The van der Waals surface area contributed by atoms with Crippen molar-refractivity contribution in [2.24, 2.45) is 5.73 Å². The van der Waals surface area contributed by atoms with E-state index in [2.05, 4.69) is 15.5 Å². The van der Waals surface area contributed by atoms with Crippen LogP contribution in [0.1, 0.15) is 60.7 Å². The first kappa shape index (κ1) is 32.4. The number of hydrogen-bond acceptors (Lipinski definition) is 8. The fourth-order valence-electron chi connectivity index (χ4n) is 3.59. The summed E-state index contributed by atoms with van der Waals surface area (Å²) in [7, 11) is 0. The van der Waals surface area contributed by atoms with Gasteiger partial charge in [-0.1, -0.05) is 46.6 Å². The summed E-state index contributed by atoms with van der Waals surface area (Å²) in [6.07, 6.45) is 1.80. The molecule has 0 aliphatic heterocycles. The smallest absolute Gasteiger partial charge is 0.407 e. The number of rotatable bonds is 14. The molecule has 0 unspecified atom stereocenters. The largest absolute Gasteiger partial charge is 0.493 e. The summed E-state index contributed by atoms with van der Waals surface area (Å²) < 4.78 is 16.2. The highest BCUT2D eigenvalue weighted by molar-refractivity contribution is 6.42. The van der Waals surface area contributed by atoms with E-state index in [1.165, 1.54) is 0 Å². The Morgan fingerprint density at radius 1 is 1.05 bits per heavy atom. The summed E-state index contributed by atoms with van der Waals surface area (Å²) in [5.41, 5.74) is 7.50. The van der Waals surface area contributed by atoms with E-state index >= 15 is 0 Å². The van der Waals surface area contributed by atoms with Gasteiger partial charge in [-0.25, -0.2) is 4.79 Å². The monoisotopic (exact) mass is 598 g/mol. The van der Waals surface area contributed by atoms with Crippen molar-refractivity contribution in [3.63, 3.8) is 0 Å². The molecular formula is C27H33Cl3N4O5. The van der Waals surface area contributed by atoms with E-state index < -0.39 is 17.9 Å². The number of benzene rings is 2. The van der Waals surface area contributed by atoms with Gasteiger partial charge >= 0.3 is 6.09 Å². The number of amides is 1. The number of halogens is 3. The molecule has 1 amide bonds. The maximum Gasteiger partial charge on any atom is 0.407 e. The van der Waals surface area contributed by atoms with E-state index in [4.69, 9.17) is 42.9 Å². The van der Waals surface area contributed by atoms with E-state index in [1.807, 2.05) is 36.4 Å². The molecule has 39 heavy (non-hydrogen) atoms. The Morgan fingerprint density at radius 2 is 1.77 bits per heavy atom. The van der Waals surface area contributed by atoms with Crippen LogP contribution < -0.4 is 15.8 Å². The number of nitrogens with zero attached hydrogens (tertiary/aromatic N) is 2. The summed E-state index contributed by atoms with van der Waals surface area (Å²) in [4.78, 5) is 29.3. The Hall–Kier alpha value is -2.85. The third-order valence-corrected chi connectivity index (χ3v) is 6.25. The molecule has 0 fully saturated rings. The molecule has 212 valence electrons. The first-order valence-corrected chi connectivity index (χ1v) is 13.2. The van der Waals surface area contributed by atoms with Crippen molar-refractivity contribution in [3.05, 3.63) is 75.4 Å². The number of unbranched alkanes of at least 4 members (excludes halogenated alkanes) is 1. The van der Waals surface area contributed by atoms with Crippen LogP contribution in [-0.2, 0) is 17.6 Å². The van der Waals surface area contributed by atoms with Crippen molar-refractivity contribution in [2.75, 3.05) is 13.2 Å². The van der Waals surface area contributed by atoms with Crippen molar-refractivity contribution < 1.29 is 23.6 Å². The highest BCUT2D eigenvalue weighted by atomic mass is 35.5. The zero-order valence-electron chi connectivity index (χ0n) is 21.8. The molecule has 0 bridgehead atoms. The second-order valence-corrected chi connectivity index (χ2v) is 9.79. The maximum absolute atomic E-state index is 13.0. The lowest BCUT2D eigenvalue weighted by molar-refractivity contribution is 0.0868. The van der Waals surface area contributed by atoms with Crippen LogP contribution >= 0.6 is 35.6 Å². The van der Waals surface area contributed by atoms with Gasteiger partial charge in [0.15, 0.2) is 0 Å². The van der Waals surface area contributed by atoms with Crippen LogP contribution in [-0.4, -0.2) is 47.3 Å². The Bertz CT molecular complexity index is 1200. The van der Waals surface area contributed by atoms with Crippen LogP contribution in [0.2, 0.25) is 10.0 Å². The summed E-state index contributed by atoms with van der Waals surface area (Å²) >= 11 is 12.0. The minimum absolute atomic E-state index is 0. The molecule has 1 atom stereocenters. The van der Waals surface area contributed by atoms with Crippen LogP contribution in [0, 0.1) is 0 Å². The van der Waals surface area contributed by atoms with Gasteiger partial charge in [0.2, 0.25) is 17.5 Å². The number of hydrogen-bond donors (Lipinski definition) is 2. The quantitative estimate of drug-likeness (QED) is 0.175. The second-order valence-electron chi connectivity index (χ2n) is 8.98. The van der Waals surface area contributed by atoms with Gasteiger partial charge in [-0.2, -0.15) is 4.98 Å². The molecule has 3 aromatic rings. The van der Waals surface area contributed by atoms with Gasteiger partial charge < -0.3 is 25.0 Å². The lowest BCUT2D eigenvalue weighted by Crippen LogP contribution is -2.42. The fourth-order valence-corrected chi connectivity index (χ4v) is 3.92. The van der Waals surface area contributed by atoms with Crippen LogP contribution in [0.4, 0.5) is 4.79 Å². The molecular weight excluding hydrogens is 567 g/mol. The number of nitrogens with two attached hydrogens (primary N) is 1. The van der Waals surface area contributed by atoms with Crippen molar-refractivity contribution in [1.82, 2.24) is 15.5 Å². The Balaban J connectivity index is 0.00000533. The molecule has 9 nitrogen and oxygen atoms in total. The van der Waals surface area contributed by atoms with Gasteiger partial charge in [-0.15, -0.1) is 12.4 Å². The van der Waals surface area contributed by atoms with E-state index in [0.29, 0.717) is 48.9 Å². The van der Waals surface area contributed by atoms with E-state index in [-0.39, 0.29) is 30.2 Å². The number of nitrogens with one attached hydrogen (secondary N) is 1. The normalized spacial score (nSPS) is 11.5. The lowest BCUT2D eigenvalue weighted by atomic mass is 10.0. The van der Waals surface area contributed by atoms with Crippen LogP contribution in [0.25, 0.3) is 0 Å². The van der Waals surface area contributed by atoms with Gasteiger partial charge in [0.05, 0.1) is 35.2 Å². The third-order valence-electron chi connectivity index (χ3n) is 5.51. The number of ether oxygens (including phenoxy) is 2. The second kappa shape index (κ2) is 16.3. The van der Waals surface area contributed by atoms with Crippen molar-refractivity contribution in [3.8, 4) is 5.75 Å². The van der Waals surface area contributed by atoms with E-state index in [9.17, 15) is 9.59 Å². The van der Waals surface area contributed by atoms with Gasteiger partial charge in [0, 0.05) is 6.42 Å². The van der Waals surface area contributed by atoms with Gasteiger partial charge in [0.25, 0.3) is 0 Å². The SMILES string of the molecule is CC(C)OC(=O)N[C@@H](CCCCN)C(=O)c1noc(Cc2ccc(OCCc3ccc(Cl)c(Cl)c3)cc2)n1.Cl. The van der Waals surface area contributed by atoms with E-state index in [1.54, 1.807) is 19.9 Å². The Kier molecular flexibility index (Phi) is 13.5. The predicted molar refractivity (Wildman–Crippen MR) is 152 cm³/mol.